The summed E-state index contributed by atoms with van der Waals surface area (Å²) in [5.74, 6) is -3.98. The molecule has 2 aliphatic rings. The van der Waals surface area contributed by atoms with E-state index in [4.69, 9.17) is 18.6 Å². The normalized spacial score (nSPS) is 16.7. The van der Waals surface area contributed by atoms with Gasteiger partial charge in [-0.05, 0) is 18.9 Å². The maximum Gasteiger partial charge on any atom is 0.316 e. The Morgan fingerprint density at radius 2 is 1.66 bits per heavy atom. The standard InChI is InChI=1S/C23H20O9/c1-12(31-23(28)13-6-8-29-9-7-13)30-19(25)11-17(24)18-10-16-20(26)14-4-2-3-5-15(14)21(27)22(16)32-18/h2-5,10,12-13H,6-9,11H2,1H3. The molecule has 1 aromatic heterocycles. The molecule has 1 aliphatic carbocycles. The second kappa shape index (κ2) is 8.88. The van der Waals surface area contributed by atoms with Crippen molar-refractivity contribution in [3.63, 3.8) is 0 Å². The number of carbonyl (C=O) groups is 5. The maximum atomic E-state index is 12.6. The number of fused-ring (bicyclic) bond motifs is 2. The van der Waals surface area contributed by atoms with Crippen molar-refractivity contribution in [1.29, 1.82) is 0 Å². The second-order valence-corrected chi connectivity index (χ2v) is 7.54. The van der Waals surface area contributed by atoms with E-state index in [1.807, 2.05) is 0 Å². The van der Waals surface area contributed by atoms with E-state index < -0.39 is 42.0 Å². The van der Waals surface area contributed by atoms with E-state index in [1.54, 1.807) is 12.1 Å². The molecule has 2 aromatic rings. The molecule has 1 fully saturated rings. The highest BCUT2D eigenvalue weighted by atomic mass is 16.7. The van der Waals surface area contributed by atoms with Crippen LogP contribution in [0.1, 0.15) is 68.8 Å². The molecule has 0 amide bonds. The van der Waals surface area contributed by atoms with Crippen molar-refractivity contribution in [2.75, 3.05) is 13.2 Å². The van der Waals surface area contributed by atoms with Crippen molar-refractivity contribution >= 4 is 29.3 Å². The molecule has 9 heteroatoms. The van der Waals surface area contributed by atoms with Crippen molar-refractivity contribution in [3.8, 4) is 0 Å². The quantitative estimate of drug-likeness (QED) is 0.246. The van der Waals surface area contributed by atoms with Gasteiger partial charge in [-0.25, -0.2) is 0 Å². The zero-order valence-electron chi connectivity index (χ0n) is 17.3. The highest BCUT2D eigenvalue weighted by molar-refractivity contribution is 6.28. The molecule has 0 saturated carbocycles. The van der Waals surface area contributed by atoms with Gasteiger partial charge in [-0.3, -0.25) is 24.0 Å². The van der Waals surface area contributed by atoms with Gasteiger partial charge in [0.05, 0.1) is 11.5 Å². The number of hydrogen-bond acceptors (Lipinski definition) is 9. The number of carbonyl (C=O) groups excluding carboxylic acids is 5. The molecule has 1 aliphatic heterocycles. The number of rotatable bonds is 6. The minimum Gasteiger partial charge on any atom is -0.449 e. The van der Waals surface area contributed by atoms with Gasteiger partial charge in [0.15, 0.2) is 17.3 Å². The van der Waals surface area contributed by atoms with Gasteiger partial charge in [0, 0.05) is 31.3 Å². The first kappa shape index (κ1) is 21.6. The highest BCUT2D eigenvalue weighted by Gasteiger charge is 2.35. The molecule has 0 bridgehead atoms. The Morgan fingerprint density at radius 3 is 2.34 bits per heavy atom. The van der Waals surface area contributed by atoms with Crippen LogP contribution in [0.3, 0.4) is 0 Å². The number of esters is 2. The van der Waals surface area contributed by atoms with Crippen LogP contribution in [-0.2, 0) is 23.8 Å². The Morgan fingerprint density at radius 1 is 1.00 bits per heavy atom. The van der Waals surface area contributed by atoms with Crippen LogP contribution in [0.25, 0.3) is 0 Å². The number of ether oxygens (including phenoxy) is 3. The topological polar surface area (TPSA) is 126 Å². The molecule has 0 spiro atoms. The largest absolute Gasteiger partial charge is 0.449 e. The Bertz CT molecular complexity index is 1050. The van der Waals surface area contributed by atoms with Gasteiger partial charge >= 0.3 is 11.9 Å². The fraction of sp³-hybridized carbons (Fsp3) is 0.348. The molecule has 4 rings (SSSR count). The molecule has 2 heterocycles. The Labute approximate surface area is 182 Å². The van der Waals surface area contributed by atoms with Gasteiger partial charge in [0.2, 0.25) is 17.9 Å². The molecule has 1 aromatic carbocycles. The van der Waals surface area contributed by atoms with Crippen molar-refractivity contribution in [1.82, 2.24) is 0 Å². The van der Waals surface area contributed by atoms with Gasteiger partial charge in [0.25, 0.3) is 0 Å². The highest BCUT2D eigenvalue weighted by Crippen LogP contribution is 2.30. The van der Waals surface area contributed by atoms with E-state index in [2.05, 4.69) is 0 Å². The van der Waals surface area contributed by atoms with E-state index in [0.717, 1.165) is 6.07 Å². The summed E-state index contributed by atoms with van der Waals surface area (Å²) in [7, 11) is 0. The molecule has 32 heavy (non-hydrogen) atoms. The summed E-state index contributed by atoms with van der Waals surface area (Å²) in [6.07, 6.45) is -0.820. The first-order valence-electron chi connectivity index (χ1n) is 10.2. The lowest BCUT2D eigenvalue weighted by atomic mass is 9.88. The minimum atomic E-state index is -1.17. The zero-order valence-corrected chi connectivity index (χ0v) is 17.3. The molecular formula is C23H20O9. The first-order valence-corrected chi connectivity index (χ1v) is 10.2. The summed E-state index contributed by atoms with van der Waals surface area (Å²) in [6, 6.07) is 7.44. The van der Waals surface area contributed by atoms with Crippen LogP contribution < -0.4 is 0 Å². The van der Waals surface area contributed by atoms with Gasteiger partial charge in [-0.15, -0.1) is 0 Å². The predicted octanol–water partition coefficient (Wildman–Crippen LogP) is 2.49. The van der Waals surface area contributed by atoms with Gasteiger partial charge in [-0.1, -0.05) is 24.3 Å². The molecule has 0 N–H and O–H groups in total. The third kappa shape index (κ3) is 4.24. The van der Waals surface area contributed by atoms with E-state index in [0.29, 0.717) is 26.1 Å². The van der Waals surface area contributed by atoms with Gasteiger partial charge < -0.3 is 18.6 Å². The average molecular weight is 440 g/mol. The predicted molar refractivity (Wildman–Crippen MR) is 106 cm³/mol. The van der Waals surface area contributed by atoms with Crippen LogP contribution in [0, 0.1) is 5.92 Å². The van der Waals surface area contributed by atoms with Crippen LogP contribution in [0.4, 0.5) is 0 Å². The van der Waals surface area contributed by atoms with Crippen LogP contribution in [0.2, 0.25) is 0 Å². The maximum absolute atomic E-state index is 12.6. The minimum absolute atomic E-state index is 0.0239. The van der Waals surface area contributed by atoms with Crippen molar-refractivity contribution < 1.29 is 42.6 Å². The monoisotopic (exact) mass is 440 g/mol. The first-order chi connectivity index (χ1) is 15.3. The SMILES string of the molecule is CC(OC(=O)CC(=O)c1cc2c(o1)C(=O)c1ccccc1C2=O)OC(=O)C1CCOCC1. The van der Waals surface area contributed by atoms with Gasteiger partial charge in [-0.2, -0.15) is 0 Å². The van der Waals surface area contributed by atoms with Crippen LogP contribution in [-0.4, -0.2) is 48.8 Å². The lowest BCUT2D eigenvalue weighted by Gasteiger charge is -2.22. The summed E-state index contributed by atoms with van der Waals surface area (Å²) >= 11 is 0. The van der Waals surface area contributed by atoms with Gasteiger partial charge in [0.1, 0.15) is 6.42 Å². The molecule has 1 atom stereocenters. The fourth-order valence-electron chi connectivity index (χ4n) is 3.67. The summed E-state index contributed by atoms with van der Waals surface area (Å²) in [5, 5.41) is 0. The Hall–Kier alpha value is -3.59. The third-order valence-corrected chi connectivity index (χ3v) is 5.31. The summed E-state index contributed by atoms with van der Waals surface area (Å²) in [4.78, 5) is 61.9. The van der Waals surface area contributed by atoms with Crippen molar-refractivity contribution in [3.05, 3.63) is 58.5 Å². The molecule has 166 valence electrons. The molecular weight excluding hydrogens is 420 g/mol. The number of furan rings is 1. The number of benzene rings is 1. The summed E-state index contributed by atoms with van der Waals surface area (Å²) in [5.41, 5.74) is 0.395. The smallest absolute Gasteiger partial charge is 0.316 e. The van der Waals surface area contributed by atoms with Crippen LogP contribution in [0.5, 0.6) is 0 Å². The van der Waals surface area contributed by atoms with Crippen molar-refractivity contribution in [2.45, 2.75) is 32.5 Å². The Kier molecular flexibility index (Phi) is 6.00. The average Bonchev–Trinajstić information content (AvgIpc) is 3.24. The number of hydrogen-bond donors (Lipinski definition) is 0. The summed E-state index contributed by atoms with van der Waals surface area (Å²) < 4.78 is 20.6. The lowest BCUT2D eigenvalue weighted by molar-refractivity contribution is -0.188. The molecule has 0 radical (unpaired) electrons. The molecule has 9 nitrogen and oxygen atoms in total. The van der Waals surface area contributed by atoms with E-state index in [9.17, 15) is 24.0 Å². The Balaban J connectivity index is 1.37. The van der Waals surface area contributed by atoms with E-state index >= 15 is 0 Å². The molecule has 1 unspecified atom stereocenters. The zero-order chi connectivity index (χ0) is 22.8. The second-order valence-electron chi connectivity index (χ2n) is 7.54. The van der Waals surface area contributed by atoms with E-state index in [-0.39, 0.29) is 34.1 Å². The van der Waals surface area contributed by atoms with Crippen LogP contribution in [0.15, 0.2) is 34.7 Å². The number of ketones is 3. The van der Waals surface area contributed by atoms with Crippen molar-refractivity contribution in [2.24, 2.45) is 5.92 Å². The molecule has 1 saturated heterocycles. The lowest BCUT2D eigenvalue weighted by Crippen LogP contribution is -2.30. The number of Topliss-reactive ketones (excluding diaryl/α,β-unsaturated/α-hetero) is 1. The van der Waals surface area contributed by atoms with E-state index in [1.165, 1.54) is 19.1 Å². The van der Waals surface area contributed by atoms with Crippen LogP contribution >= 0.6 is 0 Å². The third-order valence-electron chi connectivity index (χ3n) is 5.31. The fourth-order valence-corrected chi connectivity index (χ4v) is 3.67. The summed E-state index contributed by atoms with van der Waals surface area (Å²) in [6.45, 7) is 2.30.